The van der Waals surface area contributed by atoms with Crippen LogP contribution in [0.1, 0.15) is 25.8 Å². The monoisotopic (exact) mass is 325 g/mol. The lowest BCUT2D eigenvalue weighted by Crippen LogP contribution is -2.49. The molecule has 0 saturated carbocycles. The number of benzene rings is 1. The van der Waals surface area contributed by atoms with E-state index in [-0.39, 0.29) is 6.54 Å². The second kappa shape index (κ2) is 6.75. The molecule has 0 saturated heterocycles. The van der Waals surface area contributed by atoms with Gasteiger partial charge in [-0.15, -0.1) is 10.2 Å². The van der Waals surface area contributed by atoms with E-state index >= 15 is 0 Å². The maximum absolute atomic E-state index is 13.5. The van der Waals surface area contributed by atoms with Crippen molar-refractivity contribution in [1.82, 2.24) is 14.8 Å². The smallest absolute Gasteiger partial charge is 0.119 e. The summed E-state index contributed by atoms with van der Waals surface area (Å²) in [6, 6.07) is 7.47. The molecule has 2 aromatic rings. The summed E-state index contributed by atoms with van der Waals surface area (Å²) in [5, 5.41) is 19.2. The number of alkyl halides is 1. The molecule has 0 aliphatic rings. The number of aliphatic hydroxyl groups is 1. The molecule has 0 aliphatic carbocycles. The molecule has 0 bridgehead atoms. The Morgan fingerprint density at radius 3 is 2.32 bits per heavy atom. The summed E-state index contributed by atoms with van der Waals surface area (Å²) in [7, 11) is 0. The van der Waals surface area contributed by atoms with Crippen molar-refractivity contribution in [3.8, 4) is 0 Å². The number of aryl methyl sites for hydroxylation is 1. The first kappa shape index (κ1) is 16.9. The van der Waals surface area contributed by atoms with Crippen LogP contribution in [-0.4, -0.2) is 32.1 Å². The van der Waals surface area contributed by atoms with E-state index in [4.69, 9.17) is 11.6 Å². The van der Waals surface area contributed by atoms with Gasteiger partial charge in [-0.25, -0.2) is 0 Å². The zero-order valence-corrected chi connectivity index (χ0v) is 13.6. The highest BCUT2D eigenvalue weighted by molar-refractivity contribution is 6.30. The minimum absolute atomic E-state index is 0.254. The van der Waals surface area contributed by atoms with Crippen LogP contribution in [0.25, 0.3) is 0 Å². The summed E-state index contributed by atoms with van der Waals surface area (Å²) in [6.07, 6.45) is 4.13. The number of halogens is 2. The van der Waals surface area contributed by atoms with Gasteiger partial charge in [0.25, 0.3) is 0 Å². The van der Waals surface area contributed by atoms with Gasteiger partial charge in [0.15, 0.2) is 0 Å². The van der Waals surface area contributed by atoms with Gasteiger partial charge in [-0.3, -0.25) is 4.39 Å². The second-order valence-electron chi connectivity index (χ2n) is 6.31. The van der Waals surface area contributed by atoms with Crippen molar-refractivity contribution in [2.75, 3.05) is 6.67 Å². The average molecular weight is 326 g/mol. The van der Waals surface area contributed by atoms with Crippen LogP contribution in [0.3, 0.4) is 0 Å². The predicted molar refractivity (Wildman–Crippen MR) is 84.5 cm³/mol. The molecule has 22 heavy (non-hydrogen) atoms. The molecule has 120 valence electrons. The van der Waals surface area contributed by atoms with E-state index in [0.29, 0.717) is 17.9 Å². The summed E-state index contributed by atoms with van der Waals surface area (Å²) in [6.45, 7) is 3.12. The van der Waals surface area contributed by atoms with Crippen LogP contribution < -0.4 is 0 Å². The molecule has 0 aliphatic heterocycles. The number of aromatic nitrogens is 3. The van der Waals surface area contributed by atoms with E-state index in [1.807, 2.05) is 24.3 Å². The Bertz CT molecular complexity index is 586. The van der Waals surface area contributed by atoms with Crippen LogP contribution in [0, 0.1) is 5.41 Å². The minimum atomic E-state index is -1.20. The second-order valence-corrected chi connectivity index (χ2v) is 6.75. The van der Waals surface area contributed by atoms with E-state index in [1.54, 1.807) is 18.4 Å². The lowest BCUT2D eigenvalue weighted by atomic mass is 9.72. The van der Waals surface area contributed by atoms with Crippen LogP contribution >= 0.6 is 11.6 Å². The molecule has 1 heterocycles. The number of hydrogen-bond donors (Lipinski definition) is 1. The third-order valence-corrected chi connectivity index (χ3v) is 4.50. The van der Waals surface area contributed by atoms with Gasteiger partial charge in [-0.1, -0.05) is 37.6 Å². The highest BCUT2D eigenvalue weighted by Gasteiger charge is 2.43. The zero-order chi connectivity index (χ0) is 16.2. The van der Waals surface area contributed by atoms with Gasteiger partial charge in [0, 0.05) is 10.4 Å². The highest BCUT2D eigenvalue weighted by Crippen LogP contribution is 2.36. The minimum Gasteiger partial charge on any atom is -0.387 e. The van der Waals surface area contributed by atoms with Gasteiger partial charge in [-0.05, 0) is 30.5 Å². The normalized spacial score (nSPS) is 14.8. The summed E-state index contributed by atoms with van der Waals surface area (Å²) >= 11 is 5.88. The van der Waals surface area contributed by atoms with Gasteiger partial charge in [0.05, 0.1) is 18.8 Å². The molecule has 4 nitrogen and oxygen atoms in total. The average Bonchev–Trinajstić information content (AvgIpc) is 2.99. The van der Waals surface area contributed by atoms with E-state index in [1.165, 1.54) is 12.7 Å². The van der Waals surface area contributed by atoms with E-state index in [0.717, 1.165) is 5.56 Å². The highest BCUT2D eigenvalue weighted by atomic mass is 35.5. The fraction of sp³-hybridized carbons (Fsp3) is 0.500. The van der Waals surface area contributed by atoms with Crippen LogP contribution in [0.2, 0.25) is 5.02 Å². The van der Waals surface area contributed by atoms with Crippen LogP contribution in [-0.2, 0) is 13.0 Å². The summed E-state index contributed by atoms with van der Waals surface area (Å²) in [5.74, 6) is 0. The topological polar surface area (TPSA) is 50.9 Å². The largest absolute Gasteiger partial charge is 0.387 e. The van der Waals surface area contributed by atoms with Crippen molar-refractivity contribution < 1.29 is 9.50 Å². The molecule has 0 spiro atoms. The van der Waals surface area contributed by atoms with Crippen LogP contribution in [0.5, 0.6) is 0 Å². The molecule has 1 aromatic heterocycles. The van der Waals surface area contributed by atoms with E-state index < -0.39 is 17.7 Å². The molecule has 1 unspecified atom stereocenters. The third-order valence-electron chi connectivity index (χ3n) is 4.25. The number of nitrogens with zero attached hydrogens (tertiary/aromatic N) is 3. The Balaban J connectivity index is 2.15. The van der Waals surface area contributed by atoms with Gasteiger partial charge in [0.2, 0.25) is 0 Å². The molecule has 2 rings (SSSR count). The molecule has 1 N–H and O–H groups in total. The van der Waals surface area contributed by atoms with E-state index in [9.17, 15) is 9.50 Å². The first-order valence-electron chi connectivity index (χ1n) is 7.21. The van der Waals surface area contributed by atoms with Crippen molar-refractivity contribution in [1.29, 1.82) is 0 Å². The fourth-order valence-electron chi connectivity index (χ4n) is 2.36. The van der Waals surface area contributed by atoms with E-state index in [2.05, 4.69) is 10.2 Å². The SMILES string of the molecule is CC(C)(CF)C(O)(CCc1ccc(Cl)cc1)Cn1cnnc1. The van der Waals surface area contributed by atoms with Crippen molar-refractivity contribution >= 4 is 11.6 Å². The standard InChI is InChI=1S/C16H21ClFN3O/c1-15(2,9-18)16(22,10-21-11-19-20-12-21)8-7-13-3-5-14(17)6-4-13/h3-6,11-12,22H,7-10H2,1-2H3. The predicted octanol–water partition coefficient (Wildman–Crippen LogP) is 3.29. The quantitative estimate of drug-likeness (QED) is 0.850. The zero-order valence-electron chi connectivity index (χ0n) is 12.8. The molecule has 0 amide bonds. The Morgan fingerprint density at radius 2 is 1.77 bits per heavy atom. The first-order chi connectivity index (χ1) is 10.4. The fourth-order valence-corrected chi connectivity index (χ4v) is 2.49. The summed E-state index contributed by atoms with van der Waals surface area (Å²) in [4.78, 5) is 0. The maximum atomic E-state index is 13.5. The third kappa shape index (κ3) is 3.84. The van der Waals surface area contributed by atoms with Crippen molar-refractivity contribution in [3.63, 3.8) is 0 Å². The molecule has 1 aromatic carbocycles. The first-order valence-corrected chi connectivity index (χ1v) is 7.59. The Kier molecular flexibility index (Phi) is 5.19. The molecule has 0 fully saturated rings. The Labute approximate surface area is 134 Å². The lowest BCUT2D eigenvalue weighted by Gasteiger charge is -2.41. The van der Waals surface area contributed by atoms with Crippen LogP contribution in [0.4, 0.5) is 4.39 Å². The van der Waals surface area contributed by atoms with Gasteiger partial charge in [-0.2, -0.15) is 0 Å². The van der Waals surface area contributed by atoms with Gasteiger partial charge < -0.3 is 9.67 Å². The molecule has 6 heteroatoms. The van der Waals surface area contributed by atoms with Crippen molar-refractivity contribution in [2.24, 2.45) is 5.41 Å². The molecule has 0 radical (unpaired) electrons. The van der Waals surface area contributed by atoms with Gasteiger partial charge >= 0.3 is 0 Å². The molecular weight excluding hydrogens is 305 g/mol. The maximum Gasteiger partial charge on any atom is 0.119 e. The lowest BCUT2D eigenvalue weighted by molar-refractivity contribution is -0.0951. The van der Waals surface area contributed by atoms with Gasteiger partial charge in [0.1, 0.15) is 12.7 Å². The number of rotatable bonds is 7. The molecular formula is C16H21ClFN3O. The Morgan fingerprint density at radius 1 is 1.18 bits per heavy atom. The Hall–Kier alpha value is -1.46. The summed E-state index contributed by atoms with van der Waals surface area (Å²) < 4.78 is 15.1. The van der Waals surface area contributed by atoms with Crippen molar-refractivity contribution in [3.05, 3.63) is 47.5 Å². The van der Waals surface area contributed by atoms with Crippen molar-refractivity contribution in [2.45, 2.75) is 38.8 Å². The summed E-state index contributed by atoms with van der Waals surface area (Å²) in [5.41, 5.74) is -1.02. The molecule has 1 atom stereocenters. The van der Waals surface area contributed by atoms with Crippen LogP contribution in [0.15, 0.2) is 36.9 Å². The number of hydrogen-bond acceptors (Lipinski definition) is 3.